The molecule has 2 rings (SSSR count). The molecule has 2 N–H and O–H groups in total. The molecule has 2 aromatic rings. The van der Waals surface area contributed by atoms with Crippen LogP contribution in [0.3, 0.4) is 0 Å². The molecule has 0 aliphatic carbocycles. The summed E-state index contributed by atoms with van der Waals surface area (Å²) in [7, 11) is 0. The van der Waals surface area contributed by atoms with Gasteiger partial charge in [-0.2, -0.15) is 0 Å². The van der Waals surface area contributed by atoms with Gasteiger partial charge < -0.3 is 10.4 Å². The summed E-state index contributed by atoms with van der Waals surface area (Å²) in [6, 6.07) is 12.0. The number of halogens is 1. The van der Waals surface area contributed by atoms with Crippen molar-refractivity contribution in [2.45, 2.75) is 13.5 Å². The highest BCUT2D eigenvalue weighted by atomic mass is 79.9. The van der Waals surface area contributed by atoms with Crippen LogP contribution in [0.2, 0.25) is 0 Å². The number of aryl methyl sites for hydroxylation is 1. The fourth-order valence-electron chi connectivity index (χ4n) is 1.91. The van der Waals surface area contributed by atoms with Crippen LogP contribution in [0.4, 0.5) is 0 Å². The molecule has 0 fully saturated rings. The Kier molecular flexibility index (Phi) is 4.75. The Balaban J connectivity index is 2.09. The number of hydrogen-bond donors (Lipinski definition) is 2. The van der Waals surface area contributed by atoms with E-state index >= 15 is 0 Å². The van der Waals surface area contributed by atoms with E-state index in [1.165, 1.54) is 6.07 Å². The molecule has 0 aliphatic rings. The molecule has 0 bridgehead atoms. The van der Waals surface area contributed by atoms with Crippen molar-refractivity contribution in [2.75, 3.05) is 0 Å². The minimum atomic E-state index is -0.982. The number of benzene rings is 2. The van der Waals surface area contributed by atoms with E-state index in [1.807, 2.05) is 19.1 Å². The highest BCUT2D eigenvalue weighted by Gasteiger charge is 2.11. The zero-order chi connectivity index (χ0) is 15.4. The predicted octanol–water partition coefficient (Wildman–Crippen LogP) is 3.39. The number of nitrogens with one attached hydrogen (secondary N) is 1. The molecule has 0 spiro atoms. The summed E-state index contributed by atoms with van der Waals surface area (Å²) < 4.78 is 0.766. The Labute approximate surface area is 130 Å². The summed E-state index contributed by atoms with van der Waals surface area (Å²) in [6.07, 6.45) is 0. The standard InChI is InChI=1S/C16H14BrNO3/c1-10-4-2-7-13(14(10)17)15(19)18-9-11-5-3-6-12(8-11)16(20)21/h2-8H,9H2,1H3,(H,18,19)(H,20,21). The van der Waals surface area contributed by atoms with Crippen LogP contribution in [0.1, 0.15) is 31.8 Å². The van der Waals surface area contributed by atoms with E-state index < -0.39 is 5.97 Å². The molecule has 0 saturated heterocycles. The normalized spacial score (nSPS) is 10.2. The lowest BCUT2D eigenvalue weighted by atomic mass is 10.1. The van der Waals surface area contributed by atoms with Crippen LogP contribution >= 0.6 is 15.9 Å². The van der Waals surface area contributed by atoms with Gasteiger partial charge in [0, 0.05) is 11.0 Å². The van der Waals surface area contributed by atoms with Gasteiger partial charge >= 0.3 is 5.97 Å². The zero-order valence-corrected chi connectivity index (χ0v) is 13.0. The first-order valence-electron chi connectivity index (χ1n) is 6.34. The summed E-state index contributed by atoms with van der Waals surface area (Å²) in [5.41, 5.74) is 2.49. The molecule has 0 aromatic heterocycles. The summed E-state index contributed by atoms with van der Waals surface area (Å²) in [4.78, 5) is 23.1. The third-order valence-corrected chi connectivity index (χ3v) is 4.12. The van der Waals surface area contributed by atoms with Crippen LogP contribution in [0, 0.1) is 6.92 Å². The van der Waals surface area contributed by atoms with Crippen molar-refractivity contribution >= 4 is 27.8 Å². The lowest BCUT2D eigenvalue weighted by molar-refractivity contribution is 0.0696. The molecule has 21 heavy (non-hydrogen) atoms. The Morgan fingerprint density at radius 3 is 2.62 bits per heavy atom. The number of amides is 1. The van der Waals surface area contributed by atoms with Crippen LogP contribution in [-0.2, 0) is 6.54 Å². The van der Waals surface area contributed by atoms with Gasteiger partial charge in [-0.3, -0.25) is 4.79 Å². The van der Waals surface area contributed by atoms with Crippen LogP contribution in [0.25, 0.3) is 0 Å². The quantitative estimate of drug-likeness (QED) is 0.890. The topological polar surface area (TPSA) is 66.4 Å². The van der Waals surface area contributed by atoms with E-state index in [4.69, 9.17) is 5.11 Å². The fraction of sp³-hybridized carbons (Fsp3) is 0.125. The Hall–Kier alpha value is -2.14. The van der Waals surface area contributed by atoms with Crippen molar-refractivity contribution in [1.82, 2.24) is 5.32 Å². The molecule has 108 valence electrons. The summed E-state index contributed by atoms with van der Waals surface area (Å²) in [5.74, 6) is -1.18. The van der Waals surface area contributed by atoms with E-state index in [-0.39, 0.29) is 18.0 Å². The third-order valence-electron chi connectivity index (χ3n) is 3.06. The molecule has 1 amide bonds. The van der Waals surface area contributed by atoms with Crippen molar-refractivity contribution in [3.05, 3.63) is 69.2 Å². The number of carboxylic acid groups (broad SMARTS) is 1. The third kappa shape index (κ3) is 3.70. The van der Waals surface area contributed by atoms with E-state index in [0.29, 0.717) is 5.56 Å². The molecule has 4 nitrogen and oxygen atoms in total. The number of carbonyl (C=O) groups excluding carboxylic acids is 1. The summed E-state index contributed by atoms with van der Waals surface area (Å²) in [6.45, 7) is 2.19. The monoisotopic (exact) mass is 347 g/mol. The van der Waals surface area contributed by atoms with Crippen molar-refractivity contribution in [3.8, 4) is 0 Å². The smallest absolute Gasteiger partial charge is 0.335 e. The van der Waals surface area contributed by atoms with Crippen molar-refractivity contribution in [2.24, 2.45) is 0 Å². The average molecular weight is 348 g/mol. The minimum Gasteiger partial charge on any atom is -0.478 e. The van der Waals surface area contributed by atoms with Gasteiger partial charge in [0.2, 0.25) is 0 Å². The first kappa shape index (κ1) is 15.3. The highest BCUT2D eigenvalue weighted by Crippen LogP contribution is 2.21. The van der Waals surface area contributed by atoms with Gasteiger partial charge in [0.15, 0.2) is 0 Å². The van der Waals surface area contributed by atoms with Gasteiger partial charge in [0.1, 0.15) is 0 Å². The number of carbonyl (C=O) groups is 2. The van der Waals surface area contributed by atoms with Crippen molar-refractivity contribution in [3.63, 3.8) is 0 Å². The lowest BCUT2D eigenvalue weighted by Crippen LogP contribution is -2.23. The van der Waals surface area contributed by atoms with E-state index in [2.05, 4.69) is 21.2 Å². The van der Waals surface area contributed by atoms with E-state index in [9.17, 15) is 9.59 Å². The second kappa shape index (κ2) is 6.54. The van der Waals surface area contributed by atoms with Gasteiger partial charge in [-0.1, -0.05) is 24.3 Å². The molecule has 5 heteroatoms. The summed E-state index contributed by atoms with van der Waals surface area (Å²) in [5, 5.41) is 11.7. The zero-order valence-electron chi connectivity index (χ0n) is 11.4. The molecule has 0 unspecified atom stereocenters. The minimum absolute atomic E-state index is 0.202. The highest BCUT2D eigenvalue weighted by molar-refractivity contribution is 9.10. The van der Waals surface area contributed by atoms with Gasteiger partial charge in [-0.15, -0.1) is 0 Å². The first-order valence-corrected chi connectivity index (χ1v) is 7.14. The van der Waals surface area contributed by atoms with Gasteiger partial charge in [-0.05, 0) is 52.2 Å². The predicted molar refractivity (Wildman–Crippen MR) is 83.5 cm³/mol. The largest absolute Gasteiger partial charge is 0.478 e. The molecule has 0 atom stereocenters. The molecule has 0 saturated carbocycles. The molecular weight excluding hydrogens is 334 g/mol. The summed E-state index contributed by atoms with van der Waals surface area (Å²) >= 11 is 3.40. The van der Waals surface area contributed by atoms with Gasteiger partial charge in [0.05, 0.1) is 11.1 Å². The molecule has 0 heterocycles. The molecular formula is C16H14BrNO3. The van der Waals surface area contributed by atoms with Crippen LogP contribution < -0.4 is 5.32 Å². The van der Waals surface area contributed by atoms with Crippen molar-refractivity contribution in [1.29, 1.82) is 0 Å². The lowest BCUT2D eigenvalue weighted by Gasteiger charge is -2.09. The van der Waals surface area contributed by atoms with Gasteiger partial charge in [-0.25, -0.2) is 4.79 Å². The van der Waals surface area contributed by atoms with Gasteiger partial charge in [0.25, 0.3) is 5.91 Å². The number of hydrogen-bond acceptors (Lipinski definition) is 2. The Bertz CT molecular complexity index is 698. The van der Waals surface area contributed by atoms with Crippen molar-refractivity contribution < 1.29 is 14.7 Å². The van der Waals surface area contributed by atoms with E-state index in [1.54, 1.807) is 24.3 Å². The SMILES string of the molecule is Cc1cccc(C(=O)NCc2cccc(C(=O)O)c2)c1Br. The number of rotatable bonds is 4. The van der Waals surface area contributed by atoms with Crippen LogP contribution in [0.5, 0.6) is 0 Å². The first-order chi connectivity index (χ1) is 9.99. The molecule has 0 radical (unpaired) electrons. The maximum absolute atomic E-state index is 12.2. The van der Waals surface area contributed by atoms with Crippen LogP contribution in [0.15, 0.2) is 46.9 Å². The Morgan fingerprint density at radius 2 is 1.90 bits per heavy atom. The fourth-order valence-corrected chi connectivity index (χ4v) is 2.36. The Morgan fingerprint density at radius 1 is 1.19 bits per heavy atom. The number of carboxylic acids is 1. The molecule has 0 aliphatic heterocycles. The van der Waals surface area contributed by atoms with Crippen LogP contribution in [-0.4, -0.2) is 17.0 Å². The second-order valence-corrected chi connectivity index (χ2v) is 5.42. The average Bonchev–Trinajstić information content (AvgIpc) is 2.48. The second-order valence-electron chi connectivity index (χ2n) is 4.62. The molecule has 2 aromatic carbocycles. The maximum Gasteiger partial charge on any atom is 0.335 e. The van der Waals surface area contributed by atoms with E-state index in [0.717, 1.165) is 15.6 Å². The maximum atomic E-state index is 12.2. The number of aromatic carboxylic acids is 1.